The highest BCUT2D eigenvalue weighted by Gasteiger charge is 2.32. The number of ether oxygens (including phenoxy) is 1. The van der Waals surface area contributed by atoms with Crippen molar-refractivity contribution in [3.63, 3.8) is 0 Å². The molecule has 4 rings (SSSR count). The van der Waals surface area contributed by atoms with Crippen LogP contribution in [0.2, 0.25) is 0 Å². The average Bonchev–Trinajstić information content (AvgIpc) is 3.18. The van der Waals surface area contributed by atoms with Crippen LogP contribution in [-0.4, -0.2) is 36.5 Å². The van der Waals surface area contributed by atoms with Crippen molar-refractivity contribution in [1.29, 1.82) is 0 Å². The van der Waals surface area contributed by atoms with Gasteiger partial charge in [0.15, 0.2) is 6.61 Å². The molecule has 0 bridgehead atoms. The van der Waals surface area contributed by atoms with Crippen LogP contribution in [0.3, 0.4) is 0 Å². The summed E-state index contributed by atoms with van der Waals surface area (Å²) in [5.41, 5.74) is 3.27. The molecule has 0 aromatic heterocycles. The van der Waals surface area contributed by atoms with E-state index >= 15 is 0 Å². The summed E-state index contributed by atoms with van der Waals surface area (Å²) in [6, 6.07) is 24.9. The molecule has 0 fully saturated rings. The second-order valence-corrected chi connectivity index (χ2v) is 8.14. The first kappa shape index (κ1) is 22.3. The maximum atomic E-state index is 13.0. The minimum absolute atomic E-state index is 0.00787. The Bertz CT molecular complexity index is 1130. The van der Waals surface area contributed by atoms with Gasteiger partial charge in [0.05, 0.1) is 0 Å². The molecule has 1 heterocycles. The first-order valence-electron chi connectivity index (χ1n) is 11.0. The highest BCUT2D eigenvalue weighted by atomic mass is 16.5. The zero-order valence-electron chi connectivity index (χ0n) is 18.4. The van der Waals surface area contributed by atoms with E-state index in [1.807, 2.05) is 67.6 Å². The number of esters is 1. The number of rotatable bonds is 7. The predicted molar refractivity (Wildman–Crippen MR) is 126 cm³/mol. The molecule has 1 aliphatic rings. The van der Waals surface area contributed by atoms with E-state index in [0.717, 1.165) is 23.2 Å². The lowest BCUT2D eigenvalue weighted by Crippen LogP contribution is -2.45. The number of hydrogen-bond donors (Lipinski definition) is 1. The van der Waals surface area contributed by atoms with Crippen LogP contribution in [0, 0.1) is 0 Å². The van der Waals surface area contributed by atoms with Crippen LogP contribution in [0.4, 0.5) is 5.69 Å². The number of carbonyl (C=O) groups is 3. The number of fused-ring (bicyclic) bond motifs is 1. The Hall–Kier alpha value is -3.93. The van der Waals surface area contributed by atoms with E-state index in [-0.39, 0.29) is 30.9 Å². The lowest BCUT2D eigenvalue weighted by atomic mass is 10.1. The second kappa shape index (κ2) is 10.1. The van der Waals surface area contributed by atoms with Crippen molar-refractivity contribution in [2.45, 2.75) is 31.8 Å². The Morgan fingerprint density at radius 1 is 0.939 bits per heavy atom. The molecule has 3 aromatic carbocycles. The summed E-state index contributed by atoms with van der Waals surface area (Å²) in [7, 11) is 0. The highest BCUT2D eigenvalue weighted by Crippen LogP contribution is 2.31. The van der Waals surface area contributed by atoms with Crippen LogP contribution in [0.5, 0.6) is 0 Å². The van der Waals surface area contributed by atoms with Gasteiger partial charge in [0.2, 0.25) is 0 Å². The maximum absolute atomic E-state index is 13.0. The number of nitrogens with one attached hydrogen (secondary N) is 1. The molecule has 0 saturated heterocycles. The quantitative estimate of drug-likeness (QED) is 0.568. The summed E-state index contributed by atoms with van der Waals surface area (Å²) >= 11 is 0. The van der Waals surface area contributed by atoms with Gasteiger partial charge >= 0.3 is 5.97 Å². The summed E-state index contributed by atoms with van der Waals surface area (Å²) in [5.74, 6) is -1.30. The smallest absolute Gasteiger partial charge is 0.329 e. The topological polar surface area (TPSA) is 75.7 Å². The van der Waals surface area contributed by atoms with Crippen molar-refractivity contribution in [2.24, 2.45) is 0 Å². The predicted octanol–water partition coefficient (Wildman–Crippen LogP) is 3.55. The second-order valence-electron chi connectivity index (χ2n) is 8.14. The monoisotopic (exact) mass is 442 g/mol. The SMILES string of the molecule is C[C@H]1Cc2ccccc2N1C(=O)COC(=O)[C@H](Cc1ccccc1)NC(=O)c1ccccc1. The Balaban J connectivity index is 1.44. The van der Waals surface area contributed by atoms with Gasteiger partial charge in [0, 0.05) is 23.7 Å². The number of amides is 2. The minimum atomic E-state index is -0.920. The molecule has 0 radical (unpaired) electrons. The Morgan fingerprint density at radius 2 is 1.58 bits per heavy atom. The molecular formula is C27H26N2O4. The zero-order chi connectivity index (χ0) is 23.2. The summed E-state index contributed by atoms with van der Waals surface area (Å²) in [6.45, 7) is 1.59. The largest absolute Gasteiger partial charge is 0.454 e. The lowest BCUT2D eigenvalue weighted by Gasteiger charge is -2.23. The molecular weight excluding hydrogens is 416 g/mol. The van der Waals surface area contributed by atoms with Gasteiger partial charge in [-0.1, -0.05) is 66.7 Å². The Morgan fingerprint density at radius 3 is 2.30 bits per heavy atom. The molecule has 0 aliphatic carbocycles. The molecule has 0 unspecified atom stereocenters. The van der Waals surface area contributed by atoms with Gasteiger partial charge in [0.25, 0.3) is 11.8 Å². The molecule has 1 aliphatic heterocycles. The van der Waals surface area contributed by atoms with E-state index in [2.05, 4.69) is 5.32 Å². The standard InChI is InChI=1S/C27H26N2O4/c1-19-16-22-14-8-9-15-24(22)29(19)25(30)18-33-27(32)23(17-20-10-4-2-5-11-20)28-26(31)21-12-6-3-7-13-21/h2-15,19,23H,16-18H2,1H3,(H,28,31)/t19-,23-/m0/s1. The first-order chi connectivity index (χ1) is 16.0. The van der Waals surface area contributed by atoms with Crippen LogP contribution in [-0.2, 0) is 27.2 Å². The van der Waals surface area contributed by atoms with E-state index in [1.54, 1.807) is 29.2 Å². The molecule has 0 saturated carbocycles. The fourth-order valence-corrected chi connectivity index (χ4v) is 4.12. The molecule has 33 heavy (non-hydrogen) atoms. The van der Waals surface area contributed by atoms with Crippen LogP contribution in [0.1, 0.15) is 28.4 Å². The maximum Gasteiger partial charge on any atom is 0.329 e. The van der Waals surface area contributed by atoms with Crippen LogP contribution >= 0.6 is 0 Å². The fourth-order valence-electron chi connectivity index (χ4n) is 4.12. The van der Waals surface area contributed by atoms with Crippen molar-refractivity contribution >= 4 is 23.5 Å². The lowest BCUT2D eigenvalue weighted by molar-refractivity contribution is -0.149. The van der Waals surface area contributed by atoms with Gasteiger partial charge in [-0.25, -0.2) is 4.79 Å². The van der Waals surface area contributed by atoms with Crippen LogP contribution in [0.15, 0.2) is 84.9 Å². The Labute approximate surface area is 193 Å². The van der Waals surface area contributed by atoms with Gasteiger partial charge in [-0.05, 0) is 42.7 Å². The summed E-state index contributed by atoms with van der Waals surface area (Å²) in [6.07, 6.45) is 1.02. The minimum Gasteiger partial charge on any atom is -0.454 e. The van der Waals surface area contributed by atoms with Gasteiger partial charge in [-0.2, -0.15) is 0 Å². The number of carbonyl (C=O) groups excluding carboxylic acids is 3. The highest BCUT2D eigenvalue weighted by molar-refractivity contribution is 5.99. The van der Waals surface area contributed by atoms with Crippen LogP contribution in [0.25, 0.3) is 0 Å². The summed E-state index contributed by atoms with van der Waals surface area (Å²) in [5, 5.41) is 2.76. The third-order valence-electron chi connectivity index (χ3n) is 5.72. The van der Waals surface area contributed by atoms with E-state index in [4.69, 9.17) is 4.74 Å². The molecule has 168 valence electrons. The van der Waals surface area contributed by atoms with E-state index in [1.165, 1.54) is 0 Å². The number of para-hydroxylation sites is 1. The summed E-state index contributed by atoms with van der Waals surface area (Å²) < 4.78 is 5.41. The van der Waals surface area contributed by atoms with Crippen molar-refractivity contribution < 1.29 is 19.1 Å². The van der Waals surface area contributed by atoms with Crippen molar-refractivity contribution in [2.75, 3.05) is 11.5 Å². The third-order valence-corrected chi connectivity index (χ3v) is 5.72. The molecule has 3 aromatic rings. The van der Waals surface area contributed by atoms with Gasteiger partial charge in [0.1, 0.15) is 6.04 Å². The number of anilines is 1. The average molecular weight is 443 g/mol. The van der Waals surface area contributed by atoms with E-state index in [0.29, 0.717) is 5.56 Å². The van der Waals surface area contributed by atoms with E-state index in [9.17, 15) is 14.4 Å². The zero-order valence-corrected chi connectivity index (χ0v) is 18.4. The molecule has 0 spiro atoms. The molecule has 1 N–H and O–H groups in total. The van der Waals surface area contributed by atoms with Crippen molar-refractivity contribution in [3.8, 4) is 0 Å². The van der Waals surface area contributed by atoms with Crippen LogP contribution < -0.4 is 10.2 Å². The van der Waals surface area contributed by atoms with E-state index < -0.39 is 12.0 Å². The van der Waals surface area contributed by atoms with Crippen molar-refractivity contribution in [3.05, 3.63) is 102 Å². The first-order valence-corrected chi connectivity index (χ1v) is 11.0. The normalized spacial score (nSPS) is 15.4. The Kier molecular flexibility index (Phi) is 6.83. The van der Waals surface area contributed by atoms with Gasteiger partial charge in [-0.15, -0.1) is 0 Å². The molecule has 2 atom stereocenters. The van der Waals surface area contributed by atoms with Gasteiger partial charge < -0.3 is 15.0 Å². The van der Waals surface area contributed by atoms with Gasteiger partial charge in [-0.3, -0.25) is 9.59 Å². The molecule has 6 nitrogen and oxygen atoms in total. The molecule has 6 heteroatoms. The number of hydrogen-bond acceptors (Lipinski definition) is 4. The number of benzene rings is 3. The van der Waals surface area contributed by atoms with Crippen molar-refractivity contribution in [1.82, 2.24) is 5.32 Å². The molecule has 2 amide bonds. The number of nitrogens with zero attached hydrogens (tertiary/aromatic N) is 1. The third kappa shape index (κ3) is 5.29. The summed E-state index contributed by atoms with van der Waals surface area (Å²) in [4.78, 5) is 40.2. The fraction of sp³-hybridized carbons (Fsp3) is 0.222.